The summed E-state index contributed by atoms with van der Waals surface area (Å²) >= 11 is 0. The van der Waals surface area contributed by atoms with E-state index >= 15 is 0 Å². The van der Waals surface area contributed by atoms with Crippen molar-refractivity contribution in [2.75, 3.05) is 0 Å². The molecule has 0 bridgehead atoms. The Kier molecular flexibility index (Phi) is 3.63. The predicted molar refractivity (Wildman–Crippen MR) is 96.8 cm³/mol. The van der Waals surface area contributed by atoms with Gasteiger partial charge in [0.15, 0.2) is 0 Å². The van der Waals surface area contributed by atoms with Crippen LogP contribution < -0.4 is 0 Å². The summed E-state index contributed by atoms with van der Waals surface area (Å²) < 4.78 is 31.8. The molecule has 0 aliphatic carbocycles. The summed E-state index contributed by atoms with van der Waals surface area (Å²) in [6, 6.07) is 22.1. The van der Waals surface area contributed by atoms with E-state index in [4.69, 9.17) is 0 Å². The second-order valence-corrected chi connectivity index (χ2v) is 7.07. The molecular formula is C19H14N2O3S. The Morgan fingerprint density at radius 2 is 1.52 bits per heavy atom. The van der Waals surface area contributed by atoms with E-state index in [0.717, 1.165) is 16.7 Å². The molecule has 3 aromatic carbocycles. The molecule has 0 aliphatic rings. The fourth-order valence-electron chi connectivity index (χ4n) is 2.84. The van der Waals surface area contributed by atoms with Crippen LogP contribution in [0, 0.1) is 0 Å². The van der Waals surface area contributed by atoms with Crippen LogP contribution in [0.1, 0.15) is 0 Å². The summed E-state index contributed by atoms with van der Waals surface area (Å²) in [5.74, 6) is 0.641. The first-order valence-corrected chi connectivity index (χ1v) is 9.08. The van der Waals surface area contributed by atoms with Gasteiger partial charge in [0.1, 0.15) is 5.82 Å². The van der Waals surface area contributed by atoms with Crippen LogP contribution in [-0.4, -0.2) is 22.9 Å². The molecule has 0 radical (unpaired) electrons. The van der Waals surface area contributed by atoms with E-state index in [-0.39, 0.29) is 4.90 Å². The Balaban J connectivity index is 1.89. The fourth-order valence-corrected chi connectivity index (χ4v) is 3.34. The van der Waals surface area contributed by atoms with Gasteiger partial charge >= 0.3 is 0 Å². The molecule has 124 valence electrons. The minimum absolute atomic E-state index is 0.161. The standard InChI is InChI=1S/C19H14N2O3S/c22-25(23,24)14-10-11-17-18(12-14)21-19(20-17)16-9-5-4-8-15(16)13-6-2-1-3-7-13/h1-12H,(H,20,21)(H,22,23,24). The molecule has 2 N–H and O–H groups in total. The number of imidazole rings is 1. The molecule has 4 aromatic rings. The Bertz CT molecular complexity index is 1170. The normalized spacial score (nSPS) is 11.7. The lowest BCUT2D eigenvalue weighted by Gasteiger charge is -2.07. The van der Waals surface area contributed by atoms with Crippen molar-refractivity contribution in [1.82, 2.24) is 9.97 Å². The molecule has 0 saturated carbocycles. The van der Waals surface area contributed by atoms with E-state index in [1.54, 1.807) is 6.07 Å². The summed E-state index contributed by atoms with van der Waals surface area (Å²) in [4.78, 5) is 7.55. The Labute approximate surface area is 144 Å². The zero-order chi connectivity index (χ0) is 17.4. The molecule has 0 saturated heterocycles. The van der Waals surface area contributed by atoms with Gasteiger partial charge in [0.2, 0.25) is 0 Å². The maximum atomic E-state index is 11.3. The van der Waals surface area contributed by atoms with Crippen molar-refractivity contribution in [3.05, 3.63) is 72.8 Å². The van der Waals surface area contributed by atoms with E-state index in [1.807, 2.05) is 54.6 Å². The Hall–Kier alpha value is -2.96. The Morgan fingerprint density at radius 3 is 2.24 bits per heavy atom. The van der Waals surface area contributed by atoms with Gasteiger partial charge in [-0.05, 0) is 29.3 Å². The van der Waals surface area contributed by atoms with E-state index in [0.29, 0.717) is 16.9 Å². The van der Waals surface area contributed by atoms with Gasteiger partial charge in [-0.2, -0.15) is 8.42 Å². The maximum Gasteiger partial charge on any atom is 0.294 e. The lowest BCUT2D eigenvalue weighted by Crippen LogP contribution is -1.97. The third kappa shape index (κ3) is 2.93. The van der Waals surface area contributed by atoms with Gasteiger partial charge in [0.05, 0.1) is 15.9 Å². The molecule has 0 atom stereocenters. The number of nitrogens with one attached hydrogen (secondary N) is 1. The number of hydrogen-bond acceptors (Lipinski definition) is 3. The van der Waals surface area contributed by atoms with E-state index < -0.39 is 10.1 Å². The van der Waals surface area contributed by atoms with Crippen molar-refractivity contribution in [2.24, 2.45) is 0 Å². The topological polar surface area (TPSA) is 83.1 Å². The number of aromatic nitrogens is 2. The molecule has 5 nitrogen and oxygen atoms in total. The second-order valence-electron chi connectivity index (χ2n) is 5.65. The third-order valence-corrected chi connectivity index (χ3v) is 4.87. The number of rotatable bonds is 3. The largest absolute Gasteiger partial charge is 0.338 e. The molecule has 25 heavy (non-hydrogen) atoms. The monoisotopic (exact) mass is 350 g/mol. The van der Waals surface area contributed by atoms with Crippen molar-refractivity contribution < 1.29 is 13.0 Å². The molecular weight excluding hydrogens is 336 g/mol. The van der Waals surface area contributed by atoms with Crippen molar-refractivity contribution in [1.29, 1.82) is 0 Å². The summed E-state index contributed by atoms with van der Waals surface area (Å²) in [7, 11) is -4.25. The van der Waals surface area contributed by atoms with Crippen molar-refractivity contribution in [3.63, 3.8) is 0 Å². The first kappa shape index (κ1) is 15.6. The number of H-pyrrole nitrogens is 1. The molecule has 1 aromatic heterocycles. The van der Waals surface area contributed by atoms with Crippen molar-refractivity contribution in [2.45, 2.75) is 4.90 Å². The van der Waals surface area contributed by atoms with Gasteiger partial charge in [0.25, 0.3) is 10.1 Å². The quantitative estimate of drug-likeness (QED) is 0.544. The molecule has 0 fully saturated rings. The van der Waals surface area contributed by atoms with Crippen LogP contribution >= 0.6 is 0 Å². The predicted octanol–water partition coefficient (Wildman–Crippen LogP) is 4.14. The van der Waals surface area contributed by atoms with Gasteiger partial charge in [0, 0.05) is 5.56 Å². The fraction of sp³-hybridized carbons (Fsp3) is 0. The molecule has 4 rings (SSSR count). The van der Waals surface area contributed by atoms with Gasteiger partial charge in [-0.25, -0.2) is 4.98 Å². The molecule has 0 aliphatic heterocycles. The maximum absolute atomic E-state index is 11.3. The zero-order valence-corrected chi connectivity index (χ0v) is 13.9. The number of benzene rings is 3. The summed E-state index contributed by atoms with van der Waals surface area (Å²) in [5, 5.41) is 0. The molecule has 6 heteroatoms. The lowest BCUT2D eigenvalue weighted by atomic mass is 9.99. The first-order chi connectivity index (χ1) is 12.0. The zero-order valence-electron chi connectivity index (χ0n) is 13.0. The van der Waals surface area contributed by atoms with Crippen LogP contribution in [0.3, 0.4) is 0 Å². The van der Waals surface area contributed by atoms with E-state index in [2.05, 4.69) is 9.97 Å². The summed E-state index contributed by atoms with van der Waals surface area (Å²) in [6.07, 6.45) is 0. The average Bonchev–Trinajstić information content (AvgIpc) is 3.05. The van der Waals surface area contributed by atoms with E-state index in [9.17, 15) is 13.0 Å². The van der Waals surface area contributed by atoms with Crippen LogP contribution in [-0.2, 0) is 10.1 Å². The number of nitrogens with zero attached hydrogens (tertiary/aromatic N) is 1. The van der Waals surface area contributed by atoms with Crippen LogP contribution in [0.5, 0.6) is 0 Å². The number of hydrogen-bond donors (Lipinski definition) is 2. The van der Waals surface area contributed by atoms with Crippen LogP contribution in [0.25, 0.3) is 33.5 Å². The average molecular weight is 350 g/mol. The highest BCUT2D eigenvalue weighted by atomic mass is 32.2. The van der Waals surface area contributed by atoms with Gasteiger partial charge < -0.3 is 4.98 Å². The highest BCUT2D eigenvalue weighted by Crippen LogP contribution is 2.31. The number of aromatic amines is 1. The van der Waals surface area contributed by atoms with Crippen LogP contribution in [0.2, 0.25) is 0 Å². The van der Waals surface area contributed by atoms with E-state index in [1.165, 1.54) is 12.1 Å². The summed E-state index contributed by atoms with van der Waals surface area (Å²) in [6.45, 7) is 0. The smallest absolute Gasteiger partial charge is 0.294 e. The lowest BCUT2D eigenvalue weighted by molar-refractivity contribution is 0.483. The molecule has 0 unspecified atom stereocenters. The minimum Gasteiger partial charge on any atom is -0.338 e. The van der Waals surface area contributed by atoms with Crippen molar-refractivity contribution >= 4 is 21.2 Å². The Morgan fingerprint density at radius 1 is 0.840 bits per heavy atom. The highest BCUT2D eigenvalue weighted by Gasteiger charge is 2.14. The second kappa shape index (κ2) is 5.84. The van der Waals surface area contributed by atoms with Crippen LogP contribution in [0.4, 0.5) is 0 Å². The number of fused-ring (bicyclic) bond motifs is 1. The van der Waals surface area contributed by atoms with Gasteiger partial charge in [-0.3, -0.25) is 4.55 Å². The first-order valence-electron chi connectivity index (χ1n) is 7.64. The molecule has 0 amide bonds. The molecule has 0 spiro atoms. The van der Waals surface area contributed by atoms with Gasteiger partial charge in [-0.1, -0.05) is 54.6 Å². The summed E-state index contributed by atoms with van der Waals surface area (Å²) in [5.41, 5.74) is 4.19. The van der Waals surface area contributed by atoms with Gasteiger partial charge in [-0.15, -0.1) is 0 Å². The van der Waals surface area contributed by atoms with Crippen LogP contribution in [0.15, 0.2) is 77.7 Å². The molecule has 1 heterocycles. The minimum atomic E-state index is -4.25. The SMILES string of the molecule is O=S(=O)(O)c1ccc2nc(-c3ccccc3-c3ccccc3)[nH]c2c1. The van der Waals surface area contributed by atoms with Crippen molar-refractivity contribution in [3.8, 4) is 22.5 Å². The third-order valence-electron chi connectivity index (χ3n) is 4.02. The highest BCUT2D eigenvalue weighted by molar-refractivity contribution is 7.85.